The van der Waals surface area contributed by atoms with Crippen molar-refractivity contribution in [3.63, 3.8) is 0 Å². The van der Waals surface area contributed by atoms with Gasteiger partial charge in [0, 0.05) is 34.1 Å². The van der Waals surface area contributed by atoms with Crippen LogP contribution in [0.4, 0.5) is 45.5 Å². The van der Waals surface area contributed by atoms with Crippen molar-refractivity contribution in [3.8, 4) is 22.6 Å². The zero-order valence-corrected chi connectivity index (χ0v) is 51.1. The molecule has 2 unspecified atom stereocenters. The molecule has 0 fully saturated rings. The van der Waals surface area contributed by atoms with Gasteiger partial charge in [-0.15, -0.1) is 0 Å². The number of benzene rings is 12. The van der Waals surface area contributed by atoms with E-state index >= 15 is 0 Å². The third kappa shape index (κ3) is 13.2. The maximum Gasteiger partial charge on any atom is 0.119 e. The van der Waals surface area contributed by atoms with Gasteiger partial charge >= 0.3 is 0 Å². The number of aliphatic hydroxyl groups excluding tert-OH is 2. The highest BCUT2D eigenvalue weighted by molar-refractivity contribution is 6.00. The molecule has 0 bridgehead atoms. The van der Waals surface area contributed by atoms with E-state index in [1.807, 2.05) is 157 Å². The van der Waals surface area contributed by atoms with Crippen molar-refractivity contribution in [2.75, 3.05) is 46.1 Å². The Kier molecular flexibility index (Phi) is 18.2. The molecule has 2 atom stereocenters. The summed E-state index contributed by atoms with van der Waals surface area (Å²) in [4.78, 5) is 4.46. The Morgan fingerprint density at radius 1 is 0.370 bits per heavy atom. The number of aliphatic hydroxyl groups is 2. The average molecular weight is 1200 g/mol. The zero-order chi connectivity index (χ0) is 62.5. The van der Waals surface area contributed by atoms with E-state index in [-0.39, 0.29) is 26.3 Å². The first-order valence-electron chi connectivity index (χ1n) is 31.1. The summed E-state index contributed by atoms with van der Waals surface area (Å²) in [6.07, 6.45) is 0.0615. The number of ether oxygens (including phenoxy) is 2. The Morgan fingerprint density at radius 3 is 1.10 bits per heavy atom. The first-order valence-corrected chi connectivity index (χ1v) is 31.1. The Morgan fingerprint density at radius 2 is 0.696 bits per heavy atom. The smallest absolute Gasteiger partial charge is 0.119 e. The lowest BCUT2D eigenvalue weighted by Crippen LogP contribution is -2.33. The average Bonchev–Trinajstić information content (AvgIpc) is 1.54. The van der Waals surface area contributed by atoms with Crippen molar-refractivity contribution >= 4 is 57.4 Å². The summed E-state index contributed by atoms with van der Waals surface area (Å²) in [5.74, 6) is 1.27. The molecule has 12 aromatic rings. The Balaban J connectivity index is 0.692. The van der Waals surface area contributed by atoms with Crippen LogP contribution in [0.25, 0.3) is 11.1 Å². The molecule has 0 radical (unpaired) electrons. The highest BCUT2D eigenvalue weighted by Gasteiger charge is 2.46. The van der Waals surface area contributed by atoms with Gasteiger partial charge < -0.3 is 29.5 Å². The van der Waals surface area contributed by atoms with Crippen molar-refractivity contribution < 1.29 is 19.7 Å². The number of anilines is 8. The quantitative estimate of drug-likeness (QED) is 0.0456. The molecule has 0 saturated carbocycles. The van der Waals surface area contributed by atoms with E-state index in [2.05, 4.69) is 204 Å². The van der Waals surface area contributed by atoms with Gasteiger partial charge in [-0.1, -0.05) is 206 Å². The van der Waals surface area contributed by atoms with Crippen molar-refractivity contribution in [2.45, 2.75) is 24.5 Å². The molecule has 92 heavy (non-hydrogen) atoms. The van der Waals surface area contributed by atoms with Crippen LogP contribution in [0.15, 0.2) is 338 Å². The summed E-state index contributed by atoms with van der Waals surface area (Å²) >= 11 is 0. The number of para-hydroxylation sites is 6. The molecule has 0 spiro atoms. The lowest BCUT2D eigenvalue weighted by atomic mass is 9.68. The molecule has 0 heterocycles. The predicted molar refractivity (Wildman–Crippen MR) is 376 cm³/mol. The van der Waals surface area contributed by atoms with Gasteiger partial charge in [0.2, 0.25) is 0 Å². The minimum Gasteiger partial charge on any atom is -0.491 e. The van der Waals surface area contributed by atoms with Crippen molar-refractivity contribution in [2.24, 2.45) is 10.2 Å². The second-order valence-corrected chi connectivity index (χ2v) is 22.7. The molecule has 10 heteroatoms. The standard InChI is InChI=1S/C82H70N6O4/c1-61(63-42-50-73(51-43-63)88(70-32-16-6-17-33-70)71-34-18-7-19-35-71)84-86(67-26-10-3-11-27-67)58-75(90)60-92-77-54-46-65(47-55-77)82(80-38-22-20-36-78(80)79-37-21-23-39-81(79)82)64-44-52-76(53-45-64)91-59-74(89)57-85(66-24-8-2-9-25-66)83-56-62-40-48-72(49-41-62)87(68-28-12-4-13-29-68)69-30-14-5-15-31-69/h2-56,74-75,89-90H,57-60H2,1H3/b83-56+,84-61+. The number of fused-ring (bicyclic) bond motifs is 3. The van der Waals surface area contributed by atoms with Gasteiger partial charge in [-0.25, -0.2) is 0 Å². The van der Waals surface area contributed by atoms with E-state index in [1.54, 1.807) is 0 Å². The molecule has 0 aromatic heterocycles. The van der Waals surface area contributed by atoms with Crippen LogP contribution in [-0.4, -0.2) is 60.7 Å². The van der Waals surface area contributed by atoms with Gasteiger partial charge in [0.15, 0.2) is 0 Å². The fourth-order valence-corrected chi connectivity index (χ4v) is 12.3. The summed E-state index contributed by atoms with van der Waals surface area (Å²) < 4.78 is 12.8. The molecule has 0 amide bonds. The van der Waals surface area contributed by atoms with E-state index in [1.165, 1.54) is 22.3 Å². The van der Waals surface area contributed by atoms with Crippen molar-refractivity contribution in [1.82, 2.24) is 0 Å². The number of nitrogens with zero attached hydrogens (tertiary/aromatic N) is 6. The molecule has 452 valence electrons. The van der Waals surface area contributed by atoms with Gasteiger partial charge in [-0.05, 0) is 173 Å². The maximum absolute atomic E-state index is 11.7. The van der Waals surface area contributed by atoms with Crippen LogP contribution in [-0.2, 0) is 5.41 Å². The monoisotopic (exact) mass is 1200 g/mol. The summed E-state index contributed by atoms with van der Waals surface area (Å²) in [5.41, 5.74) is 16.8. The van der Waals surface area contributed by atoms with Crippen molar-refractivity contribution in [1.29, 1.82) is 0 Å². The fourth-order valence-electron chi connectivity index (χ4n) is 12.3. The number of hydrogen-bond donors (Lipinski definition) is 2. The topological polar surface area (TPSA) is 96.6 Å². The second-order valence-electron chi connectivity index (χ2n) is 22.7. The van der Waals surface area contributed by atoms with E-state index in [9.17, 15) is 10.2 Å². The lowest BCUT2D eigenvalue weighted by molar-refractivity contribution is 0.112. The van der Waals surface area contributed by atoms with Crippen LogP contribution in [0.5, 0.6) is 11.5 Å². The molecule has 1 aliphatic carbocycles. The van der Waals surface area contributed by atoms with E-state index in [0.717, 1.165) is 73.5 Å². The number of rotatable bonds is 24. The molecule has 12 aromatic carbocycles. The summed E-state index contributed by atoms with van der Waals surface area (Å²) in [7, 11) is 0. The fraction of sp³-hybridized carbons (Fsp3) is 0.0976. The molecular weight excluding hydrogens is 1130 g/mol. The van der Waals surface area contributed by atoms with Crippen LogP contribution in [0, 0.1) is 0 Å². The third-order valence-corrected chi connectivity index (χ3v) is 16.7. The molecule has 10 nitrogen and oxygen atoms in total. The molecule has 2 N–H and O–H groups in total. The van der Waals surface area contributed by atoms with Crippen LogP contribution < -0.4 is 29.3 Å². The molecule has 0 saturated heterocycles. The van der Waals surface area contributed by atoms with Crippen LogP contribution in [0.3, 0.4) is 0 Å². The van der Waals surface area contributed by atoms with Crippen LogP contribution in [0.2, 0.25) is 0 Å². The summed E-state index contributed by atoms with van der Waals surface area (Å²) in [5, 5.41) is 37.0. The van der Waals surface area contributed by atoms with Gasteiger partial charge in [0.1, 0.15) is 36.9 Å². The van der Waals surface area contributed by atoms with Crippen LogP contribution in [0.1, 0.15) is 40.3 Å². The second kappa shape index (κ2) is 28.0. The first-order chi connectivity index (χ1) is 45.3. The molecular formula is C82H70N6O4. The normalized spacial score (nSPS) is 12.9. The Bertz CT molecular complexity index is 4250. The SMILES string of the molecule is C/C(=N\N(CC(O)COc1ccc(C2(c3ccc(OCC(O)CN(/N=C/c4ccc(N(c5ccccc5)c5ccccc5)cc4)c4ccccc4)cc3)c3ccccc3-c3ccccc32)cc1)c1ccccc1)c1ccc(N(c2ccccc2)c2ccccc2)cc1. The highest BCUT2D eigenvalue weighted by atomic mass is 16.5. The van der Waals surface area contributed by atoms with E-state index in [4.69, 9.17) is 19.7 Å². The Labute approximate surface area is 538 Å². The molecule has 13 rings (SSSR count). The maximum atomic E-state index is 11.7. The van der Waals surface area contributed by atoms with Gasteiger partial charge in [-0.2, -0.15) is 10.2 Å². The molecule has 0 aliphatic heterocycles. The summed E-state index contributed by atoms with van der Waals surface area (Å²) in [6, 6.07) is 112. The van der Waals surface area contributed by atoms with E-state index < -0.39 is 17.6 Å². The van der Waals surface area contributed by atoms with Crippen LogP contribution >= 0.6 is 0 Å². The predicted octanol–water partition coefficient (Wildman–Crippen LogP) is 17.9. The lowest BCUT2D eigenvalue weighted by Gasteiger charge is -2.34. The Hall–Kier alpha value is -11.3. The number of hydrogen-bond acceptors (Lipinski definition) is 10. The highest BCUT2D eigenvalue weighted by Crippen LogP contribution is 2.56. The van der Waals surface area contributed by atoms with Gasteiger partial charge in [0.25, 0.3) is 0 Å². The zero-order valence-electron chi connectivity index (χ0n) is 51.1. The van der Waals surface area contributed by atoms with Crippen molar-refractivity contribution in [3.05, 3.63) is 361 Å². The first kappa shape index (κ1) is 59.7. The minimum atomic E-state index is -0.884. The third-order valence-electron chi connectivity index (χ3n) is 16.7. The largest absolute Gasteiger partial charge is 0.491 e. The van der Waals surface area contributed by atoms with Gasteiger partial charge in [0.05, 0.1) is 41.8 Å². The summed E-state index contributed by atoms with van der Waals surface area (Å²) in [6.45, 7) is 2.49. The van der Waals surface area contributed by atoms with E-state index in [0.29, 0.717) is 11.5 Å². The minimum absolute atomic E-state index is 0.0461. The molecule has 1 aliphatic rings. The van der Waals surface area contributed by atoms with Gasteiger partial charge in [-0.3, -0.25) is 10.0 Å². The number of hydrazone groups is 2.